The fourth-order valence-electron chi connectivity index (χ4n) is 2.96. The Kier molecular flexibility index (Phi) is 6.32. The Morgan fingerprint density at radius 1 is 1.15 bits per heavy atom. The highest BCUT2D eigenvalue weighted by Gasteiger charge is 2.33. The monoisotopic (exact) mass is 422 g/mol. The smallest absolute Gasteiger partial charge is 0.169 e. The van der Waals surface area contributed by atoms with E-state index < -0.39 is 0 Å². The van der Waals surface area contributed by atoms with Crippen LogP contribution in [0.25, 0.3) is 0 Å². The lowest BCUT2D eigenvalue weighted by atomic mass is 10.0. The summed E-state index contributed by atoms with van der Waals surface area (Å²) in [6.07, 6.45) is -0.158. The van der Waals surface area contributed by atoms with Gasteiger partial charge in [0.25, 0.3) is 0 Å². The lowest BCUT2D eigenvalue weighted by Crippen LogP contribution is -2.60. The van der Waals surface area contributed by atoms with Crippen LogP contribution in [-0.4, -0.2) is 34.7 Å². The van der Waals surface area contributed by atoms with E-state index in [0.717, 1.165) is 29.3 Å². The highest BCUT2D eigenvalue weighted by molar-refractivity contribution is 7.80. The SMILES string of the molecule is CC(C)(C)NC(=S)N1CC(O[C@@H](c2ccccc2)c2ccc(Cl)cc2Cl)C1. The molecule has 0 spiro atoms. The average Bonchev–Trinajstić information content (AvgIpc) is 2.54. The summed E-state index contributed by atoms with van der Waals surface area (Å²) in [7, 11) is 0. The van der Waals surface area contributed by atoms with Gasteiger partial charge in [-0.2, -0.15) is 0 Å². The molecule has 0 amide bonds. The van der Waals surface area contributed by atoms with Crippen molar-refractivity contribution < 1.29 is 4.74 Å². The van der Waals surface area contributed by atoms with Crippen LogP contribution in [0.4, 0.5) is 0 Å². The van der Waals surface area contributed by atoms with Gasteiger partial charge in [-0.05, 0) is 50.7 Å². The first-order chi connectivity index (χ1) is 12.7. The zero-order valence-corrected chi connectivity index (χ0v) is 18.0. The van der Waals surface area contributed by atoms with Gasteiger partial charge < -0.3 is 15.0 Å². The van der Waals surface area contributed by atoms with Crippen molar-refractivity contribution in [1.29, 1.82) is 0 Å². The molecular formula is C21H24Cl2N2OS. The molecule has 1 saturated heterocycles. The molecule has 0 unspecified atom stereocenters. The van der Waals surface area contributed by atoms with Gasteiger partial charge in [-0.3, -0.25) is 0 Å². The molecule has 0 saturated carbocycles. The summed E-state index contributed by atoms with van der Waals surface area (Å²) >= 11 is 18.0. The fraction of sp³-hybridized carbons (Fsp3) is 0.381. The molecule has 0 aliphatic carbocycles. The molecule has 27 heavy (non-hydrogen) atoms. The number of nitrogens with one attached hydrogen (secondary N) is 1. The number of hydrogen-bond donors (Lipinski definition) is 1. The van der Waals surface area contributed by atoms with Crippen molar-refractivity contribution in [3.05, 3.63) is 69.7 Å². The predicted octanol–water partition coefficient (Wildman–Crippen LogP) is 5.46. The van der Waals surface area contributed by atoms with E-state index in [-0.39, 0.29) is 17.7 Å². The summed E-state index contributed by atoms with van der Waals surface area (Å²) in [6.45, 7) is 7.82. The molecule has 0 bridgehead atoms. The zero-order valence-electron chi connectivity index (χ0n) is 15.7. The Balaban J connectivity index is 1.72. The maximum atomic E-state index is 6.46. The summed E-state index contributed by atoms with van der Waals surface area (Å²) in [5.41, 5.74) is 1.93. The normalized spacial score (nSPS) is 16.0. The van der Waals surface area contributed by atoms with E-state index in [2.05, 4.69) is 43.1 Å². The molecule has 144 valence electrons. The maximum absolute atomic E-state index is 6.46. The van der Waals surface area contributed by atoms with Crippen LogP contribution in [0.3, 0.4) is 0 Å². The Morgan fingerprint density at radius 2 is 1.81 bits per heavy atom. The maximum Gasteiger partial charge on any atom is 0.169 e. The molecule has 1 aliphatic rings. The van der Waals surface area contributed by atoms with E-state index in [1.807, 2.05) is 30.3 Å². The molecule has 3 rings (SSSR count). The van der Waals surface area contributed by atoms with E-state index in [9.17, 15) is 0 Å². The van der Waals surface area contributed by atoms with Gasteiger partial charge in [-0.25, -0.2) is 0 Å². The number of rotatable bonds is 4. The first kappa shape index (κ1) is 20.4. The number of ether oxygens (including phenoxy) is 1. The minimum atomic E-state index is -0.243. The standard InChI is InChI=1S/C21H24Cl2N2OS/c1-21(2,3)24-20(27)25-12-16(13-25)26-19(14-7-5-4-6-8-14)17-10-9-15(22)11-18(17)23/h4-11,16,19H,12-13H2,1-3H3,(H,24,27)/t19-/m0/s1. The van der Waals surface area contributed by atoms with Gasteiger partial charge in [-0.1, -0.05) is 59.6 Å². The zero-order chi connectivity index (χ0) is 19.6. The van der Waals surface area contributed by atoms with Crippen LogP contribution in [0.15, 0.2) is 48.5 Å². The molecule has 1 aliphatic heterocycles. The van der Waals surface area contributed by atoms with E-state index in [1.165, 1.54) is 0 Å². The Bertz CT molecular complexity index is 802. The largest absolute Gasteiger partial charge is 0.362 e. The highest BCUT2D eigenvalue weighted by atomic mass is 35.5. The topological polar surface area (TPSA) is 24.5 Å². The molecule has 2 aromatic rings. The first-order valence-corrected chi connectivity index (χ1v) is 10.1. The molecule has 1 fully saturated rings. The van der Waals surface area contributed by atoms with Crippen LogP contribution in [0.1, 0.15) is 38.0 Å². The third kappa shape index (κ3) is 5.35. The summed E-state index contributed by atoms with van der Waals surface area (Å²) < 4.78 is 6.43. The molecule has 6 heteroatoms. The third-order valence-electron chi connectivity index (χ3n) is 4.29. The second-order valence-corrected chi connectivity index (χ2v) is 9.03. The van der Waals surface area contributed by atoms with E-state index in [1.54, 1.807) is 6.07 Å². The van der Waals surface area contributed by atoms with Crippen LogP contribution in [0.2, 0.25) is 10.0 Å². The second-order valence-electron chi connectivity index (χ2n) is 7.80. The summed E-state index contributed by atoms with van der Waals surface area (Å²) in [6, 6.07) is 15.6. The number of thiocarbonyl (C=S) groups is 1. The van der Waals surface area contributed by atoms with Crippen LogP contribution in [-0.2, 0) is 4.74 Å². The number of hydrogen-bond acceptors (Lipinski definition) is 2. The van der Waals surface area contributed by atoms with Crippen molar-refractivity contribution in [2.45, 2.75) is 38.5 Å². The van der Waals surface area contributed by atoms with Gasteiger partial charge in [0.2, 0.25) is 0 Å². The average molecular weight is 423 g/mol. The van der Waals surface area contributed by atoms with Crippen LogP contribution < -0.4 is 5.32 Å². The first-order valence-electron chi connectivity index (χ1n) is 8.95. The molecular weight excluding hydrogens is 399 g/mol. The Morgan fingerprint density at radius 3 is 2.41 bits per heavy atom. The fourth-order valence-corrected chi connectivity index (χ4v) is 3.92. The Hall–Kier alpha value is -1.33. The molecule has 2 aromatic carbocycles. The lowest BCUT2D eigenvalue weighted by Gasteiger charge is -2.43. The van der Waals surface area contributed by atoms with E-state index in [4.69, 9.17) is 40.2 Å². The van der Waals surface area contributed by atoms with Crippen molar-refractivity contribution in [2.75, 3.05) is 13.1 Å². The van der Waals surface area contributed by atoms with Crippen molar-refractivity contribution >= 4 is 40.5 Å². The van der Waals surface area contributed by atoms with Crippen LogP contribution >= 0.6 is 35.4 Å². The molecule has 3 nitrogen and oxygen atoms in total. The third-order valence-corrected chi connectivity index (χ3v) is 5.22. The Labute approximate surface area is 176 Å². The van der Waals surface area contributed by atoms with Gasteiger partial charge in [0.15, 0.2) is 5.11 Å². The number of benzene rings is 2. The number of nitrogens with zero attached hydrogens (tertiary/aromatic N) is 1. The van der Waals surface area contributed by atoms with Crippen molar-refractivity contribution in [3.8, 4) is 0 Å². The molecule has 0 radical (unpaired) electrons. The van der Waals surface area contributed by atoms with Gasteiger partial charge in [0, 0.05) is 34.2 Å². The molecule has 0 aromatic heterocycles. The highest BCUT2D eigenvalue weighted by Crippen LogP contribution is 2.35. The quantitative estimate of drug-likeness (QED) is 0.661. The van der Waals surface area contributed by atoms with Crippen molar-refractivity contribution in [1.82, 2.24) is 10.2 Å². The van der Waals surface area contributed by atoms with Gasteiger partial charge in [0.1, 0.15) is 6.10 Å². The van der Waals surface area contributed by atoms with E-state index >= 15 is 0 Å². The molecule has 1 N–H and O–H groups in total. The summed E-state index contributed by atoms with van der Waals surface area (Å²) in [5.74, 6) is 0. The van der Waals surface area contributed by atoms with Crippen LogP contribution in [0, 0.1) is 0 Å². The number of likely N-dealkylation sites (tertiary alicyclic amines) is 1. The van der Waals surface area contributed by atoms with Gasteiger partial charge in [0.05, 0.1) is 6.10 Å². The number of halogens is 2. The second kappa shape index (κ2) is 8.36. The van der Waals surface area contributed by atoms with E-state index in [0.29, 0.717) is 10.0 Å². The summed E-state index contributed by atoms with van der Waals surface area (Å²) in [4.78, 5) is 2.12. The van der Waals surface area contributed by atoms with Crippen molar-refractivity contribution in [3.63, 3.8) is 0 Å². The van der Waals surface area contributed by atoms with Crippen molar-refractivity contribution in [2.24, 2.45) is 0 Å². The summed E-state index contributed by atoms with van der Waals surface area (Å²) in [5, 5.41) is 5.33. The van der Waals surface area contributed by atoms with Crippen LogP contribution in [0.5, 0.6) is 0 Å². The predicted molar refractivity (Wildman–Crippen MR) is 117 cm³/mol. The molecule has 1 heterocycles. The molecule has 1 atom stereocenters. The lowest BCUT2D eigenvalue weighted by molar-refractivity contribution is -0.0576. The van der Waals surface area contributed by atoms with Gasteiger partial charge >= 0.3 is 0 Å². The minimum Gasteiger partial charge on any atom is -0.362 e. The minimum absolute atomic E-state index is 0.0492. The van der Waals surface area contributed by atoms with Gasteiger partial charge in [-0.15, -0.1) is 0 Å².